The Hall–Kier alpha value is -1.26. The third-order valence-corrected chi connectivity index (χ3v) is 2.75. The van der Waals surface area contributed by atoms with Crippen LogP contribution in [-0.4, -0.2) is 6.04 Å². The SMILES string of the molecule is C#CCC(C)NCc1ccc(CC(C)C)cc1. The fraction of sp³-hybridized carbons (Fsp3) is 0.500. The number of terminal acetylenes is 1. The Morgan fingerprint density at radius 3 is 2.24 bits per heavy atom. The van der Waals surface area contributed by atoms with Crippen LogP contribution in [0.25, 0.3) is 0 Å². The Bertz CT molecular complexity index is 356. The molecule has 0 aromatic heterocycles. The quantitative estimate of drug-likeness (QED) is 0.737. The molecule has 17 heavy (non-hydrogen) atoms. The third kappa shape index (κ3) is 5.56. The highest BCUT2D eigenvalue weighted by atomic mass is 14.9. The maximum absolute atomic E-state index is 5.27. The summed E-state index contributed by atoms with van der Waals surface area (Å²) in [6.07, 6.45) is 7.21. The van der Waals surface area contributed by atoms with E-state index in [9.17, 15) is 0 Å². The fourth-order valence-corrected chi connectivity index (χ4v) is 1.81. The van der Waals surface area contributed by atoms with Gasteiger partial charge in [0.05, 0.1) is 0 Å². The second-order valence-corrected chi connectivity index (χ2v) is 5.10. The van der Waals surface area contributed by atoms with E-state index in [0.29, 0.717) is 6.04 Å². The van der Waals surface area contributed by atoms with Gasteiger partial charge in [-0.1, -0.05) is 38.1 Å². The molecule has 0 aliphatic rings. The summed E-state index contributed by atoms with van der Waals surface area (Å²) >= 11 is 0. The van der Waals surface area contributed by atoms with Crippen LogP contribution in [0.4, 0.5) is 0 Å². The molecule has 1 heteroatoms. The minimum Gasteiger partial charge on any atom is -0.309 e. The Morgan fingerprint density at radius 1 is 1.12 bits per heavy atom. The lowest BCUT2D eigenvalue weighted by Crippen LogP contribution is -2.24. The van der Waals surface area contributed by atoms with Crippen molar-refractivity contribution in [2.75, 3.05) is 0 Å². The van der Waals surface area contributed by atoms with Crippen molar-refractivity contribution in [2.24, 2.45) is 5.92 Å². The molecule has 0 spiro atoms. The van der Waals surface area contributed by atoms with Crippen molar-refractivity contribution in [3.63, 3.8) is 0 Å². The van der Waals surface area contributed by atoms with Gasteiger partial charge in [-0.05, 0) is 30.4 Å². The number of hydrogen-bond acceptors (Lipinski definition) is 1. The molecule has 0 amide bonds. The van der Waals surface area contributed by atoms with Crippen molar-refractivity contribution >= 4 is 0 Å². The summed E-state index contributed by atoms with van der Waals surface area (Å²) in [6.45, 7) is 7.51. The molecule has 0 heterocycles. The van der Waals surface area contributed by atoms with Gasteiger partial charge in [-0.25, -0.2) is 0 Å². The van der Waals surface area contributed by atoms with Gasteiger partial charge in [0.15, 0.2) is 0 Å². The predicted octanol–water partition coefficient (Wildman–Crippen LogP) is 3.39. The smallest absolute Gasteiger partial charge is 0.0238 e. The average Bonchev–Trinajstić information content (AvgIpc) is 2.28. The molecular formula is C16H23N. The highest BCUT2D eigenvalue weighted by Gasteiger charge is 2.00. The zero-order valence-electron chi connectivity index (χ0n) is 11.2. The van der Waals surface area contributed by atoms with Gasteiger partial charge in [0.2, 0.25) is 0 Å². The van der Waals surface area contributed by atoms with E-state index in [1.807, 2.05) is 0 Å². The van der Waals surface area contributed by atoms with Crippen LogP contribution in [0.2, 0.25) is 0 Å². The Kier molecular flexibility index (Phi) is 5.80. The topological polar surface area (TPSA) is 12.0 Å². The minimum absolute atomic E-state index is 0.385. The molecular weight excluding hydrogens is 206 g/mol. The van der Waals surface area contributed by atoms with E-state index >= 15 is 0 Å². The van der Waals surface area contributed by atoms with Crippen molar-refractivity contribution in [3.8, 4) is 12.3 Å². The van der Waals surface area contributed by atoms with Crippen LogP contribution in [0.3, 0.4) is 0 Å². The third-order valence-electron chi connectivity index (χ3n) is 2.75. The van der Waals surface area contributed by atoms with Crippen LogP contribution >= 0.6 is 0 Å². The number of benzene rings is 1. The first-order valence-electron chi connectivity index (χ1n) is 6.36. The molecule has 0 aliphatic heterocycles. The molecule has 0 bridgehead atoms. The van der Waals surface area contributed by atoms with Gasteiger partial charge in [0.1, 0.15) is 0 Å². The highest BCUT2D eigenvalue weighted by Crippen LogP contribution is 2.09. The van der Waals surface area contributed by atoms with Crippen LogP contribution in [0.15, 0.2) is 24.3 Å². The first kappa shape index (κ1) is 13.8. The zero-order chi connectivity index (χ0) is 12.7. The largest absolute Gasteiger partial charge is 0.309 e. The molecule has 1 unspecified atom stereocenters. The van der Waals surface area contributed by atoms with Crippen LogP contribution in [0.5, 0.6) is 0 Å². The second-order valence-electron chi connectivity index (χ2n) is 5.10. The lowest BCUT2D eigenvalue weighted by atomic mass is 10.0. The summed E-state index contributed by atoms with van der Waals surface area (Å²) in [6, 6.07) is 9.24. The van der Waals surface area contributed by atoms with E-state index in [1.54, 1.807) is 0 Å². The van der Waals surface area contributed by atoms with Crippen molar-refractivity contribution in [1.29, 1.82) is 0 Å². The van der Waals surface area contributed by atoms with Gasteiger partial charge in [-0.3, -0.25) is 0 Å². The Labute approximate surface area is 106 Å². The van der Waals surface area contributed by atoms with Crippen molar-refractivity contribution < 1.29 is 0 Å². The predicted molar refractivity (Wildman–Crippen MR) is 74.7 cm³/mol. The fourth-order valence-electron chi connectivity index (χ4n) is 1.81. The molecule has 0 saturated carbocycles. The van der Waals surface area contributed by atoms with E-state index in [-0.39, 0.29) is 0 Å². The van der Waals surface area contributed by atoms with Crippen molar-refractivity contribution in [3.05, 3.63) is 35.4 Å². The first-order chi connectivity index (χ1) is 8.11. The highest BCUT2D eigenvalue weighted by molar-refractivity contribution is 5.22. The van der Waals surface area contributed by atoms with Gasteiger partial charge in [0.25, 0.3) is 0 Å². The molecule has 1 N–H and O–H groups in total. The lowest BCUT2D eigenvalue weighted by molar-refractivity contribution is 0.559. The average molecular weight is 229 g/mol. The van der Waals surface area contributed by atoms with Gasteiger partial charge >= 0.3 is 0 Å². The van der Waals surface area contributed by atoms with Crippen LogP contribution in [0.1, 0.15) is 38.3 Å². The maximum atomic E-state index is 5.27. The molecule has 1 atom stereocenters. The monoisotopic (exact) mass is 229 g/mol. The lowest BCUT2D eigenvalue weighted by Gasteiger charge is -2.11. The van der Waals surface area contributed by atoms with Gasteiger partial charge in [0, 0.05) is 19.0 Å². The van der Waals surface area contributed by atoms with E-state index in [2.05, 4.69) is 56.3 Å². The Morgan fingerprint density at radius 2 is 1.71 bits per heavy atom. The molecule has 1 rings (SSSR count). The summed E-state index contributed by atoms with van der Waals surface area (Å²) < 4.78 is 0. The van der Waals surface area contributed by atoms with Crippen LogP contribution in [-0.2, 0) is 13.0 Å². The maximum Gasteiger partial charge on any atom is 0.0238 e. The first-order valence-corrected chi connectivity index (χ1v) is 6.36. The zero-order valence-corrected chi connectivity index (χ0v) is 11.2. The van der Waals surface area contributed by atoms with Crippen molar-refractivity contribution in [1.82, 2.24) is 5.32 Å². The van der Waals surface area contributed by atoms with E-state index in [0.717, 1.165) is 25.3 Å². The van der Waals surface area contributed by atoms with E-state index in [4.69, 9.17) is 6.42 Å². The summed E-state index contributed by atoms with van der Waals surface area (Å²) in [7, 11) is 0. The second kappa shape index (κ2) is 7.14. The molecule has 0 saturated heterocycles. The molecule has 1 aromatic rings. The van der Waals surface area contributed by atoms with Crippen LogP contribution < -0.4 is 5.32 Å². The molecule has 1 aromatic carbocycles. The normalized spacial score (nSPS) is 12.4. The minimum atomic E-state index is 0.385. The summed E-state index contributed by atoms with van der Waals surface area (Å²) in [5.74, 6) is 3.39. The molecule has 0 aliphatic carbocycles. The van der Waals surface area contributed by atoms with E-state index in [1.165, 1.54) is 11.1 Å². The van der Waals surface area contributed by atoms with Gasteiger partial charge in [-0.2, -0.15) is 0 Å². The number of rotatable bonds is 6. The molecule has 1 nitrogen and oxygen atoms in total. The number of hydrogen-bond donors (Lipinski definition) is 1. The summed E-state index contributed by atoms with van der Waals surface area (Å²) in [5, 5.41) is 3.42. The molecule has 92 valence electrons. The Balaban J connectivity index is 2.43. The standard InChI is InChI=1S/C16H23N/c1-5-6-14(4)17-12-16-9-7-15(8-10-16)11-13(2)3/h1,7-10,13-14,17H,6,11-12H2,2-4H3. The van der Waals surface area contributed by atoms with Crippen LogP contribution in [0, 0.1) is 18.3 Å². The molecule has 0 radical (unpaired) electrons. The van der Waals surface area contributed by atoms with Gasteiger partial charge < -0.3 is 5.32 Å². The summed E-state index contributed by atoms with van der Waals surface area (Å²) in [5.41, 5.74) is 2.74. The van der Waals surface area contributed by atoms with Crippen molar-refractivity contribution in [2.45, 2.75) is 46.2 Å². The molecule has 0 fully saturated rings. The van der Waals surface area contributed by atoms with Gasteiger partial charge in [-0.15, -0.1) is 12.3 Å². The summed E-state index contributed by atoms with van der Waals surface area (Å²) in [4.78, 5) is 0. The number of nitrogens with one attached hydrogen (secondary N) is 1. The van der Waals surface area contributed by atoms with E-state index < -0.39 is 0 Å².